The van der Waals surface area contributed by atoms with E-state index >= 15 is 0 Å². The van der Waals surface area contributed by atoms with E-state index in [-0.39, 0.29) is 5.91 Å². The molecule has 0 radical (unpaired) electrons. The van der Waals surface area contributed by atoms with E-state index in [1.54, 1.807) is 16.9 Å². The average Bonchev–Trinajstić information content (AvgIpc) is 2.83. The largest absolute Gasteiger partial charge is 0.319 e. The van der Waals surface area contributed by atoms with Gasteiger partial charge in [-0.2, -0.15) is 5.10 Å². The molecule has 1 amide bonds. The first-order valence-corrected chi connectivity index (χ1v) is 7.19. The van der Waals surface area contributed by atoms with Crippen molar-refractivity contribution in [2.24, 2.45) is 0 Å². The zero-order chi connectivity index (χ0) is 14.4. The van der Waals surface area contributed by atoms with Crippen LogP contribution in [0.5, 0.6) is 0 Å². The molecule has 0 spiro atoms. The summed E-state index contributed by atoms with van der Waals surface area (Å²) in [6, 6.07) is 9.82. The quantitative estimate of drug-likeness (QED) is 0.850. The Kier molecular flexibility index (Phi) is 5.31. The molecule has 2 aromatic rings. The number of amides is 1. The van der Waals surface area contributed by atoms with E-state index in [1.807, 2.05) is 31.3 Å². The van der Waals surface area contributed by atoms with Crippen LogP contribution in [-0.2, 0) is 11.3 Å². The van der Waals surface area contributed by atoms with Crippen LogP contribution in [0.3, 0.4) is 0 Å². The fraction of sp³-hybridized carbons (Fsp3) is 0.286. The van der Waals surface area contributed by atoms with Crippen molar-refractivity contribution in [2.45, 2.75) is 13.0 Å². The first-order valence-electron chi connectivity index (χ1n) is 6.40. The second-order valence-electron chi connectivity index (χ2n) is 4.41. The maximum Gasteiger partial charge on any atom is 0.226 e. The molecule has 0 bridgehead atoms. The minimum atomic E-state index is -0.0182. The van der Waals surface area contributed by atoms with Crippen LogP contribution in [-0.4, -0.2) is 29.3 Å². The van der Waals surface area contributed by atoms with E-state index in [2.05, 4.69) is 31.7 Å². The number of rotatable bonds is 6. The van der Waals surface area contributed by atoms with Crippen LogP contribution in [0.2, 0.25) is 0 Å². The van der Waals surface area contributed by atoms with Crippen LogP contribution in [0.4, 0.5) is 5.82 Å². The van der Waals surface area contributed by atoms with Crippen LogP contribution in [0.1, 0.15) is 12.0 Å². The van der Waals surface area contributed by atoms with Gasteiger partial charge in [-0.1, -0.05) is 28.1 Å². The number of nitrogens with zero attached hydrogens (tertiary/aromatic N) is 2. The topological polar surface area (TPSA) is 59.0 Å². The Morgan fingerprint density at radius 3 is 3.00 bits per heavy atom. The van der Waals surface area contributed by atoms with Crippen molar-refractivity contribution in [3.63, 3.8) is 0 Å². The number of carbonyl (C=O) groups excluding carboxylic acids is 1. The summed E-state index contributed by atoms with van der Waals surface area (Å²) in [5, 5.41) is 10.1. The molecule has 20 heavy (non-hydrogen) atoms. The van der Waals surface area contributed by atoms with Gasteiger partial charge in [-0.3, -0.25) is 4.79 Å². The van der Waals surface area contributed by atoms with Crippen molar-refractivity contribution in [1.29, 1.82) is 0 Å². The smallest absolute Gasteiger partial charge is 0.226 e. The first-order chi connectivity index (χ1) is 9.69. The first kappa shape index (κ1) is 14.7. The monoisotopic (exact) mass is 336 g/mol. The third kappa shape index (κ3) is 4.18. The summed E-state index contributed by atoms with van der Waals surface area (Å²) in [6.07, 6.45) is 2.13. The number of halogens is 1. The Hall–Kier alpha value is -1.66. The molecule has 0 saturated carbocycles. The molecule has 5 nitrogen and oxygen atoms in total. The van der Waals surface area contributed by atoms with Crippen molar-refractivity contribution in [2.75, 3.05) is 18.9 Å². The molecule has 0 fully saturated rings. The van der Waals surface area contributed by atoms with E-state index in [0.29, 0.717) is 25.3 Å². The van der Waals surface area contributed by atoms with Crippen molar-refractivity contribution in [3.8, 4) is 0 Å². The Morgan fingerprint density at radius 1 is 1.40 bits per heavy atom. The number of anilines is 1. The number of hydrogen-bond donors (Lipinski definition) is 2. The highest BCUT2D eigenvalue weighted by Gasteiger charge is 2.07. The number of benzene rings is 1. The molecule has 0 saturated heterocycles. The van der Waals surface area contributed by atoms with Crippen molar-refractivity contribution in [1.82, 2.24) is 15.1 Å². The minimum absolute atomic E-state index is 0.0182. The molecule has 0 unspecified atom stereocenters. The SMILES string of the molecule is CNCCC(=O)Nc1ccnn1Cc1cccc(Br)c1. The molecule has 1 heterocycles. The van der Waals surface area contributed by atoms with E-state index in [4.69, 9.17) is 0 Å². The highest BCUT2D eigenvalue weighted by Crippen LogP contribution is 2.15. The number of hydrogen-bond acceptors (Lipinski definition) is 3. The normalized spacial score (nSPS) is 10.5. The van der Waals surface area contributed by atoms with Gasteiger partial charge in [-0.25, -0.2) is 4.68 Å². The molecule has 6 heteroatoms. The Labute approximate surface area is 126 Å². The highest BCUT2D eigenvalue weighted by molar-refractivity contribution is 9.10. The molecule has 1 aromatic carbocycles. The summed E-state index contributed by atoms with van der Waals surface area (Å²) < 4.78 is 2.81. The van der Waals surface area contributed by atoms with Gasteiger partial charge in [0.15, 0.2) is 0 Å². The molecular formula is C14H17BrN4O. The van der Waals surface area contributed by atoms with E-state index in [9.17, 15) is 4.79 Å². The molecule has 0 aliphatic rings. The van der Waals surface area contributed by atoms with Gasteiger partial charge in [0.2, 0.25) is 5.91 Å². The van der Waals surface area contributed by atoms with Crippen molar-refractivity contribution >= 4 is 27.7 Å². The lowest BCUT2D eigenvalue weighted by molar-refractivity contribution is -0.116. The third-order valence-corrected chi connectivity index (χ3v) is 3.30. The summed E-state index contributed by atoms with van der Waals surface area (Å²) in [7, 11) is 1.82. The predicted octanol–water partition coefficient (Wildman–Crippen LogP) is 2.24. The molecular weight excluding hydrogens is 320 g/mol. The van der Waals surface area contributed by atoms with Gasteiger partial charge in [-0.15, -0.1) is 0 Å². The fourth-order valence-electron chi connectivity index (χ4n) is 1.82. The van der Waals surface area contributed by atoms with Gasteiger partial charge in [-0.05, 0) is 24.7 Å². The Balaban J connectivity index is 2.03. The van der Waals surface area contributed by atoms with Gasteiger partial charge < -0.3 is 10.6 Å². The molecule has 0 aliphatic heterocycles. The van der Waals surface area contributed by atoms with Crippen LogP contribution < -0.4 is 10.6 Å². The molecule has 2 N–H and O–H groups in total. The van der Waals surface area contributed by atoms with Crippen molar-refractivity contribution in [3.05, 3.63) is 46.6 Å². The standard InChI is InChI=1S/C14H17BrN4O/c1-16-7-6-14(20)18-13-5-8-17-19(13)10-11-3-2-4-12(15)9-11/h2-5,8-9,16H,6-7,10H2,1H3,(H,18,20). The van der Waals surface area contributed by atoms with E-state index in [1.165, 1.54) is 0 Å². The molecule has 106 valence electrons. The zero-order valence-corrected chi connectivity index (χ0v) is 12.9. The van der Waals surface area contributed by atoms with E-state index in [0.717, 1.165) is 10.0 Å². The summed E-state index contributed by atoms with van der Waals surface area (Å²) in [5.41, 5.74) is 1.12. The highest BCUT2D eigenvalue weighted by atomic mass is 79.9. The summed E-state index contributed by atoms with van der Waals surface area (Å²) >= 11 is 3.45. The summed E-state index contributed by atoms with van der Waals surface area (Å²) in [6.45, 7) is 1.28. The second-order valence-corrected chi connectivity index (χ2v) is 5.32. The van der Waals surface area contributed by atoms with Crippen molar-refractivity contribution < 1.29 is 4.79 Å². The van der Waals surface area contributed by atoms with Crippen LogP contribution >= 0.6 is 15.9 Å². The molecule has 2 rings (SSSR count). The molecule has 1 aromatic heterocycles. The van der Waals surface area contributed by atoms with Gasteiger partial charge in [0.1, 0.15) is 5.82 Å². The lowest BCUT2D eigenvalue weighted by Gasteiger charge is -2.09. The summed E-state index contributed by atoms with van der Waals surface area (Å²) in [5.74, 6) is 0.696. The predicted molar refractivity (Wildman–Crippen MR) is 82.6 cm³/mol. The molecule has 0 aliphatic carbocycles. The summed E-state index contributed by atoms with van der Waals surface area (Å²) in [4.78, 5) is 11.7. The van der Waals surface area contributed by atoms with Crippen LogP contribution in [0, 0.1) is 0 Å². The average molecular weight is 337 g/mol. The van der Waals surface area contributed by atoms with Crippen LogP contribution in [0.15, 0.2) is 41.0 Å². The Morgan fingerprint density at radius 2 is 2.25 bits per heavy atom. The minimum Gasteiger partial charge on any atom is -0.319 e. The fourth-order valence-corrected chi connectivity index (χ4v) is 2.26. The zero-order valence-electron chi connectivity index (χ0n) is 11.3. The lowest BCUT2D eigenvalue weighted by Crippen LogP contribution is -2.20. The van der Waals surface area contributed by atoms with Gasteiger partial charge in [0, 0.05) is 23.5 Å². The van der Waals surface area contributed by atoms with Crippen LogP contribution in [0.25, 0.3) is 0 Å². The molecule has 0 atom stereocenters. The Bertz CT molecular complexity index is 582. The lowest BCUT2D eigenvalue weighted by atomic mass is 10.2. The van der Waals surface area contributed by atoms with Gasteiger partial charge in [0.25, 0.3) is 0 Å². The van der Waals surface area contributed by atoms with Gasteiger partial charge in [0.05, 0.1) is 12.7 Å². The number of nitrogens with one attached hydrogen (secondary N) is 2. The number of carbonyl (C=O) groups is 1. The number of aromatic nitrogens is 2. The third-order valence-electron chi connectivity index (χ3n) is 2.81. The second kappa shape index (κ2) is 7.21. The van der Waals surface area contributed by atoms with Gasteiger partial charge >= 0.3 is 0 Å². The maximum atomic E-state index is 11.7. The van der Waals surface area contributed by atoms with E-state index < -0.39 is 0 Å². The maximum absolute atomic E-state index is 11.7.